The van der Waals surface area contributed by atoms with Crippen LogP contribution in [0.25, 0.3) is 11.5 Å². The number of rotatable bonds is 6. The van der Waals surface area contributed by atoms with Crippen molar-refractivity contribution in [1.82, 2.24) is 10.3 Å². The minimum atomic E-state index is 0.00377. The highest BCUT2D eigenvalue weighted by molar-refractivity contribution is 7.98. The average Bonchev–Trinajstić information content (AvgIpc) is 3.15. The molecule has 0 radical (unpaired) electrons. The number of hydrogen-bond donors (Lipinski definition) is 1. The number of nitrogens with one attached hydrogen (secondary N) is 1. The fourth-order valence-electron chi connectivity index (χ4n) is 4.02. The fraction of sp³-hybridized carbons (Fsp3) is 0.385. The zero-order valence-corrected chi connectivity index (χ0v) is 19.3. The molecule has 5 heteroatoms. The summed E-state index contributed by atoms with van der Waals surface area (Å²) in [4.78, 5) is 18.6. The Kier molecular flexibility index (Phi) is 6.81. The molecule has 1 amide bonds. The molecule has 1 aliphatic carbocycles. The molecule has 4 rings (SSSR count). The van der Waals surface area contributed by atoms with Gasteiger partial charge in [0.1, 0.15) is 5.76 Å². The van der Waals surface area contributed by atoms with Gasteiger partial charge in [0, 0.05) is 27.8 Å². The van der Waals surface area contributed by atoms with E-state index in [2.05, 4.69) is 43.4 Å². The molecule has 1 heterocycles. The maximum absolute atomic E-state index is 12.7. The van der Waals surface area contributed by atoms with Crippen molar-refractivity contribution in [3.8, 4) is 11.5 Å². The average molecular weight is 435 g/mol. The quantitative estimate of drug-likeness (QED) is 0.446. The Labute approximate surface area is 188 Å². The monoisotopic (exact) mass is 434 g/mol. The van der Waals surface area contributed by atoms with Gasteiger partial charge in [0.25, 0.3) is 5.91 Å². The number of hydrogen-bond acceptors (Lipinski definition) is 4. The summed E-state index contributed by atoms with van der Waals surface area (Å²) in [6.45, 7) is 6.27. The van der Waals surface area contributed by atoms with Gasteiger partial charge in [0.05, 0.1) is 5.69 Å². The number of carbonyl (C=O) groups is 1. The van der Waals surface area contributed by atoms with Gasteiger partial charge < -0.3 is 9.73 Å². The van der Waals surface area contributed by atoms with Crippen LogP contribution >= 0.6 is 11.8 Å². The van der Waals surface area contributed by atoms with Crippen molar-refractivity contribution in [3.63, 3.8) is 0 Å². The van der Waals surface area contributed by atoms with E-state index >= 15 is 0 Å². The van der Waals surface area contributed by atoms with Gasteiger partial charge >= 0.3 is 0 Å². The summed E-state index contributed by atoms with van der Waals surface area (Å²) in [6, 6.07) is 16.3. The van der Waals surface area contributed by atoms with Gasteiger partial charge in [0.2, 0.25) is 5.89 Å². The third-order valence-corrected chi connectivity index (χ3v) is 7.13. The third-order valence-electron chi connectivity index (χ3n) is 6.11. The molecule has 2 atom stereocenters. The number of carbonyl (C=O) groups excluding carboxylic acids is 1. The maximum Gasteiger partial charge on any atom is 0.251 e. The highest BCUT2D eigenvalue weighted by Gasteiger charge is 2.23. The van der Waals surface area contributed by atoms with Gasteiger partial charge in [-0.15, -0.1) is 11.8 Å². The fourth-order valence-corrected chi connectivity index (χ4v) is 4.92. The lowest BCUT2D eigenvalue weighted by atomic mass is 9.86. The Balaban J connectivity index is 1.40. The Hall–Kier alpha value is -2.53. The number of aryl methyl sites for hydroxylation is 2. The molecular weight excluding hydrogens is 404 g/mol. The van der Waals surface area contributed by atoms with Crippen LogP contribution in [0.3, 0.4) is 0 Å². The SMILES string of the molecule is Cc1ccc(SCc2nc(-c3ccc(C(=O)N[C@@H]4CCCC[C@H]4C)cc3)oc2C)cc1. The van der Waals surface area contributed by atoms with Gasteiger partial charge in [0.15, 0.2) is 0 Å². The second-order valence-corrected chi connectivity index (χ2v) is 9.59. The number of benzene rings is 2. The summed E-state index contributed by atoms with van der Waals surface area (Å²) in [6.07, 6.45) is 4.73. The van der Waals surface area contributed by atoms with E-state index in [1.54, 1.807) is 11.8 Å². The predicted octanol–water partition coefficient (Wildman–Crippen LogP) is 6.56. The summed E-state index contributed by atoms with van der Waals surface area (Å²) >= 11 is 1.75. The molecule has 1 aromatic heterocycles. The molecule has 162 valence electrons. The summed E-state index contributed by atoms with van der Waals surface area (Å²) in [5.74, 6) is 2.75. The predicted molar refractivity (Wildman–Crippen MR) is 126 cm³/mol. The van der Waals surface area contributed by atoms with Crippen molar-refractivity contribution in [2.24, 2.45) is 5.92 Å². The molecule has 3 aromatic rings. The molecule has 0 bridgehead atoms. The van der Waals surface area contributed by atoms with Crippen LogP contribution in [-0.2, 0) is 5.75 Å². The van der Waals surface area contributed by atoms with Crippen molar-refractivity contribution in [2.75, 3.05) is 0 Å². The van der Waals surface area contributed by atoms with E-state index in [4.69, 9.17) is 9.40 Å². The number of nitrogens with zero attached hydrogens (tertiary/aromatic N) is 1. The molecular formula is C26H30N2O2S. The van der Waals surface area contributed by atoms with Crippen LogP contribution in [0.1, 0.15) is 60.0 Å². The van der Waals surface area contributed by atoms with Crippen LogP contribution < -0.4 is 5.32 Å². The summed E-state index contributed by atoms with van der Waals surface area (Å²) in [5.41, 5.74) is 3.78. The minimum Gasteiger partial charge on any atom is -0.441 e. The minimum absolute atomic E-state index is 0.00377. The van der Waals surface area contributed by atoms with Crippen LogP contribution in [0.5, 0.6) is 0 Å². The molecule has 1 saturated carbocycles. The summed E-state index contributed by atoms with van der Waals surface area (Å²) < 4.78 is 5.92. The largest absolute Gasteiger partial charge is 0.441 e. The molecule has 0 saturated heterocycles. The van der Waals surface area contributed by atoms with Gasteiger partial charge in [-0.3, -0.25) is 4.79 Å². The van der Waals surface area contributed by atoms with Crippen LogP contribution in [-0.4, -0.2) is 16.9 Å². The van der Waals surface area contributed by atoms with Crippen molar-refractivity contribution in [1.29, 1.82) is 0 Å². The Morgan fingerprint density at radius 2 is 1.77 bits per heavy atom. The van der Waals surface area contributed by atoms with Gasteiger partial charge in [-0.05, 0) is 69.0 Å². The van der Waals surface area contributed by atoms with Crippen molar-refractivity contribution in [3.05, 3.63) is 71.1 Å². The zero-order valence-electron chi connectivity index (χ0n) is 18.5. The smallest absolute Gasteiger partial charge is 0.251 e. The van der Waals surface area contributed by atoms with E-state index in [1.165, 1.54) is 29.7 Å². The molecule has 0 aliphatic heterocycles. The Morgan fingerprint density at radius 1 is 1.06 bits per heavy atom. The summed E-state index contributed by atoms with van der Waals surface area (Å²) in [5, 5.41) is 3.21. The van der Waals surface area contributed by atoms with Crippen molar-refractivity contribution < 1.29 is 9.21 Å². The lowest BCUT2D eigenvalue weighted by molar-refractivity contribution is 0.0910. The number of thioether (sulfide) groups is 1. The number of amides is 1. The molecule has 0 spiro atoms. The van der Waals surface area contributed by atoms with Crippen LogP contribution in [0, 0.1) is 19.8 Å². The second kappa shape index (κ2) is 9.73. The van der Waals surface area contributed by atoms with E-state index < -0.39 is 0 Å². The zero-order chi connectivity index (χ0) is 21.8. The van der Waals surface area contributed by atoms with Crippen LogP contribution in [0.2, 0.25) is 0 Å². The Morgan fingerprint density at radius 3 is 2.48 bits per heavy atom. The Bertz CT molecular complexity index is 1020. The van der Waals surface area contributed by atoms with E-state index in [0.29, 0.717) is 17.4 Å². The summed E-state index contributed by atoms with van der Waals surface area (Å²) in [7, 11) is 0. The van der Waals surface area contributed by atoms with Gasteiger partial charge in [-0.25, -0.2) is 4.98 Å². The van der Waals surface area contributed by atoms with Crippen LogP contribution in [0.15, 0.2) is 57.8 Å². The topological polar surface area (TPSA) is 55.1 Å². The molecule has 1 aliphatic rings. The van der Waals surface area contributed by atoms with Crippen LogP contribution in [0.4, 0.5) is 0 Å². The number of oxazole rings is 1. The molecule has 2 aromatic carbocycles. The first-order valence-electron chi connectivity index (χ1n) is 11.1. The molecule has 31 heavy (non-hydrogen) atoms. The molecule has 0 unspecified atom stereocenters. The number of aromatic nitrogens is 1. The first-order chi connectivity index (χ1) is 15.0. The highest BCUT2D eigenvalue weighted by atomic mass is 32.2. The van der Waals surface area contributed by atoms with Crippen molar-refractivity contribution in [2.45, 2.75) is 63.1 Å². The van der Waals surface area contributed by atoms with E-state index in [1.807, 2.05) is 31.2 Å². The lowest BCUT2D eigenvalue weighted by Gasteiger charge is -2.29. The van der Waals surface area contributed by atoms with E-state index in [-0.39, 0.29) is 11.9 Å². The third kappa shape index (κ3) is 5.40. The molecule has 1 fully saturated rings. The van der Waals surface area contributed by atoms with Crippen molar-refractivity contribution >= 4 is 17.7 Å². The van der Waals surface area contributed by atoms with E-state index in [0.717, 1.165) is 29.2 Å². The van der Waals surface area contributed by atoms with Gasteiger partial charge in [-0.1, -0.05) is 37.5 Å². The highest BCUT2D eigenvalue weighted by Crippen LogP contribution is 2.28. The first kappa shape index (κ1) is 21.7. The van der Waals surface area contributed by atoms with Gasteiger partial charge in [-0.2, -0.15) is 0 Å². The maximum atomic E-state index is 12.7. The standard InChI is InChI=1S/C26H30N2O2S/c1-17-8-14-22(15-9-17)31-16-24-19(3)30-26(28-24)21-12-10-20(11-13-21)25(29)27-23-7-5-4-6-18(23)2/h8-15,18,23H,4-7,16H2,1-3H3,(H,27,29)/t18-,23-/m1/s1. The second-order valence-electron chi connectivity index (χ2n) is 8.54. The van der Waals surface area contributed by atoms with E-state index in [9.17, 15) is 4.79 Å². The lowest BCUT2D eigenvalue weighted by Crippen LogP contribution is -2.41. The molecule has 4 nitrogen and oxygen atoms in total. The first-order valence-corrected chi connectivity index (χ1v) is 12.1. The molecule has 1 N–H and O–H groups in total. The normalized spacial score (nSPS) is 18.7.